The Morgan fingerprint density at radius 1 is 1.38 bits per heavy atom. The van der Waals surface area contributed by atoms with Crippen molar-refractivity contribution in [2.45, 2.75) is 11.0 Å². The van der Waals surface area contributed by atoms with Crippen molar-refractivity contribution in [1.29, 1.82) is 0 Å². The van der Waals surface area contributed by atoms with Crippen molar-refractivity contribution >= 4 is 15.8 Å². The number of aliphatic hydroxyl groups is 1. The van der Waals surface area contributed by atoms with Crippen LogP contribution >= 0.6 is 0 Å². The third-order valence-electron chi connectivity index (χ3n) is 1.95. The van der Waals surface area contributed by atoms with Crippen LogP contribution in [0, 0.1) is 0 Å². The molecule has 88 valence electrons. The second kappa shape index (κ2) is 4.11. The average Bonchev–Trinajstić information content (AvgIpc) is 2.14. The van der Waals surface area contributed by atoms with Gasteiger partial charge in [-0.25, -0.2) is 13.2 Å². The Kier molecular flexibility index (Phi) is 3.20. The van der Waals surface area contributed by atoms with E-state index in [1.54, 1.807) is 0 Å². The molecule has 1 atom stereocenters. The van der Waals surface area contributed by atoms with Crippen LogP contribution in [0.1, 0.15) is 11.7 Å². The van der Waals surface area contributed by atoms with Crippen LogP contribution in [0.4, 0.5) is 0 Å². The van der Waals surface area contributed by atoms with Crippen molar-refractivity contribution in [3.63, 3.8) is 0 Å². The van der Waals surface area contributed by atoms with E-state index in [1.807, 2.05) is 0 Å². The minimum Gasteiger partial charge on any atom is -0.508 e. The monoisotopic (exact) mass is 246 g/mol. The molecule has 0 radical (unpaired) electrons. The van der Waals surface area contributed by atoms with Crippen LogP contribution in [0.2, 0.25) is 0 Å². The summed E-state index contributed by atoms with van der Waals surface area (Å²) in [5, 5.41) is 27.3. The van der Waals surface area contributed by atoms with Gasteiger partial charge in [-0.1, -0.05) is 6.07 Å². The largest absolute Gasteiger partial charge is 0.508 e. The lowest BCUT2D eigenvalue weighted by Crippen LogP contribution is -2.14. The maximum Gasteiger partial charge on any atom is 0.337 e. The highest BCUT2D eigenvalue weighted by Crippen LogP contribution is 2.30. The highest BCUT2D eigenvalue weighted by atomic mass is 32.2. The second-order valence-electron chi connectivity index (χ2n) is 3.20. The number of hydrogen-bond donors (Lipinski definition) is 3. The summed E-state index contributed by atoms with van der Waals surface area (Å²) in [4.78, 5) is 10.2. The Balaban J connectivity index is 3.53. The summed E-state index contributed by atoms with van der Waals surface area (Å²) in [6, 6.07) is 3.48. The Hall–Kier alpha value is -1.60. The van der Waals surface area contributed by atoms with E-state index in [1.165, 1.54) is 6.07 Å². The van der Waals surface area contributed by atoms with E-state index in [-0.39, 0.29) is 0 Å². The lowest BCUT2D eigenvalue weighted by atomic mass is 10.1. The molecule has 0 bridgehead atoms. The summed E-state index contributed by atoms with van der Waals surface area (Å²) in [6.45, 7) is 0. The fourth-order valence-electron chi connectivity index (χ4n) is 1.25. The molecule has 0 saturated heterocycles. The number of aliphatic carboxylic acids is 1. The minimum atomic E-state index is -3.72. The molecule has 0 aliphatic heterocycles. The number of phenols is 1. The molecule has 0 spiro atoms. The Morgan fingerprint density at radius 3 is 2.38 bits per heavy atom. The van der Waals surface area contributed by atoms with Gasteiger partial charge in [0, 0.05) is 6.26 Å². The van der Waals surface area contributed by atoms with Crippen LogP contribution in [-0.2, 0) is 14.6 Å². The lowest BCUT2D eigenvalue weighted by Gasteiger charge is -2.12. The summed E-state index contributed by atoms with van der Waals surface area (Å²) >= 11 is 0. The smallest absolute Gasteiger partial charge is 0.337 e. The maximum absolute atomic E-state index is 11.3. The standard InChI is InChI=1S/C9H10O6S/c1-16(14,15)6-4-2-3-5(10)7(6)8(11)9(12)13/h2-4,8,10-11H,1H3,(H,12,13). The van der Waals surface area contributed by atoms with Crippen LogP contribution < -0.4 is 0 Å². The number of aliphatic hydroxyl groups excluding tert-OH is 1. The van der Waals surface area contributed by atoms with Crippen molar-refractivity contribution < 1.29 is 28.5 Å². The van der Waals surface area contributed by atoms with Gasteiger partial charge in [0.15, 0.2) is 15.9 Å². The summed E-state index contributed by atoms with van der Waals surface area (Å²) < 4.78 is 22.6. The number of hydrogen-bond acceptors (Lipinski definition) is 5. The molecular formula is C9H10O6S. The first-order valence-corrected chi connectivity index (χ1v) is 6.07. The number of carbonyl (C=O) groups is 1. The molecule has 0 heterocycles. The molecule has 1 unspecified atom stereocenters. The zero-order valence-corrected chi connectivity index (χ0v) is 9.10. The van der Waals surface area contributed by atoms with Gasteiger partial charge in [0.2, 0.25) is 0 Å². The van der Waals surface area contributed by atoms with E-state index in [0.29, 0.717) is 0 Å². The summed E-state index contributed by atoms with van der Waals surface area (Å²) in [6.07, 6.45) is -1.22. The molecule has 0 aromatic heterocycles. The molecule has 1 aromatic rings. The maximum atomic E-state index is 11.3. The lowest BCUT2D eigenvalue weighted by molar-refractivity contribution is -0.147. The van der Waals surface area contributed by atoms with Crippen molar-refractivity contribution in [1.82, 2.24) is 0 Å². The molecule has 0 fully saturated rings. The van der Waals surface area contributed by atoms with Gasteiger partial charge in [-0.3, -0.25) is 0 Å². The summed E-state index contributed by atoms with van der Waals surface area (Å²) in [7, 11) is -3.72. The quantitative estimate of drug-likeness (QED) is 0.687. The first-order chi connectivity index (χ1) is 7.25. The van der Waals surface area contributed by atoms with Crippen molar-refractivity contribution in [3.05, 3.63) is 23.8 Å². The topological polar surface area (TPSA) is 112 Å². The van der Waals surface area contributed by atoms with E-state index in [9.17, 15) is 23.4 Å². The number of rotatable bonds is 3. The Labute approximate surface area is 91.7 Å². The van der Waals surface area contributed by atoms with Crippen molar-refractivity contribution in [3.8, 4) is 5.75 Å². The molecule has 0 saturated carbocycles. The first-order valence-electron chi connectivity index (χ1n) is 4.18. The predicted molar refractivity (Wildman–Crippen MR) is 53.8 cm³/mol. The van der Waals surface area contributed by atoms with Gasteiger partial charge >= 0.3 is 5.97 Å². The molecule has 6 nitrogen and oxygen atoms in total. The van der Waals surface area contributed by atoms with Gasteiger partial charge in [0.05, 0.1) is 10.5 Å². The van der Waals surface area contributed by atoms with Crippen LogP contribution in [0.3, 0.4) is 0 Å². The predicted octanol–water partition coefficient (Wildman–Crippen LogP) is -0.0863. The molecule has 0 aliphatic carbocycles. The number of phenolic OH excluding ortho intramolecular Hbond substituents is 1. The van der Waals surface area contributed by atoms with E-state index in [0.717, 1.165) is 18.4 Å². The minimum absolute atomic E-state index is 0.401. The van der Waals surface area contributed by atoms with Crippen LogP contribution in [0.25, 0.3) is 0 Å². The molecule has 7 heteroatoms. The number of sulfone groups is 1. The third-order valence-corrected chi connectivity index (χ3v) is 3.10. The molecule has 3 N–H and O–H groups in total. The van der Waals surface area contributed by atoms with E-state index in [2.05, 4.69) is 0 Å². The molecule has 0 amide bonds. The van der Waals surface area contributed by atoms with Gasteiger partial charge in [0.1, 0.15) is 5.75 Å². The van der Waals surface area contributed by atoms with Crippen LogP contribution in [0.5, 0.6) is 5.75 Å². The van der Waals surface area contributed by atoms with Gasteiger partial charge in [-0.2, -0.15) is 0 Å². The molecule has 1 rings (SSSR count). The molecule has 16 heavy (non-hydrogen) atoms. The van der Waals surface area contributed by atoms with E-state index < -0.39 is 38.1 Å². The van der Waals surface area contributed by atoms with Crippen molar-refractivity contribution in [2.75, 3.05) is 6.26 Å². The highest BCUT2D eigenvalue weighted by Gasteiger charge is 2.27. The Morgan fingerprint density at radius 2 is 1.94 bits per heavy atom. The fraction of sp³-hybridized carbons (Fsp3) is 0.222. The molecule has 1 aromatic carbocycles. The number of aromatic hydroxyl groups is 1. The van der Waals surface area contributed by atoms with Gasteiger partial charge < -0.3 is 15.3 Å². The zero-order valence-electron chi connectivity index (χ0n) is 8.28. The van der Waals surface area contributed by atoms with Gasteiger partial charge in [-0.15, -0.1) is 0 Å². The first kappa shape index (κ1) is 12.5. The normalized spacial score (nSPS) is 13.4. The summed E-state index contributed by atoms with van der Waals surface area (Å²) in [5.74, 6) is -2.20. The Bertz CT molecular complexity index is 519. The average molecular weight is 246 g/mol. The highest BCUT2D eigenvalue weighted by molar-refractivity contribution is 7.90. The molecule has 0 aliphatic rings. The third kappa shape index (κ3) is 2.31. The van der Waals surface area contributed by atoms with Crippen molar-refractivity contribution in [2.24, 2.45) is 0 Å². The van der Waals surface area contributed by atoms with E-state index >= 15 is 0 Å². The fourth-order valence-corrected chi connectivity index (χ4v) is 2.20. The number of benzene rings is 1. The molecular weight excluding hydrogens is 236 g/mol. The zero-order chi connectivity index (χ0) is 12.5. The van der Waals surface area contributed by atoms with Gasteiger partial charge in [-0.05, 0) is 12.1 Å². The van der Waals surface area contributed by atoms with Crippen LogP contribution in [0.15, 0.2) is 23.1 Å². The number of carboxylic acid groups (broad SMARTS) is 1. The second-order valence-corrected chi connectivity index (χ2v) is 5.19. The van der Waals surface area contributed by atoms with E-state index in [4.69, 9.17) is 5.11 Å². The number of carboxylic acids is 1. The van der Waals surface area contributed by atoms with Gasteiger partial charge in [0.25, 0.3) is 0 Å². The SMILES string of the molecule is CS(=O)(=O)c1cccc(O)c1C(O)C(=O)O. The summed E-state index contributed by atoms with van der Waals surface area (Å²) in [5.41, 5.74) is -0.516. The van der Waals surface area contributed by atoms with Crippen LogP contribution in [-0.4, -0.2) is 36.0 Å².